The average molecular weight is 299 g/mol. The monoisotopic (exact) mass is 298 g/mol. The fourth-order valence-electron chi connectivity index (χ4n) is 2.33. The molecule has 0 heterocycles. The zero-order valence-corrected chi connectivity index (χ0v) is 12.7. The van der Waals surface area contributed by atoms with Gasteiger partial charge >= 0.3 is 0 Å². The van der Waals surface area contributed by atoms with Crippen LogP contribution in [0.25, 0.3) is 0 Å². The molecular formula is C16H23ClO3. The number of alkyl halides is 1. The molecule has 1 aromatic carbocycles. The van der Waals surface area contributed by atoms with E-state index in [1.807, 2.05) is 6.07 Å². The molecule has 0 aliphatic heterocycles. The van der Waals surface area contributed by atoms with Crippen molar-refractivity contribution in [2.24, 2.45) is 0 Å². The van der Waals surface area contributed by atoms with Gasteiger partial charge in [-0.05, 0) is 24.8 Å². The summed E-state index contributed by atoms with van der Waals surface area (Å²) in [5.41, 5.74) is 1.35. The molecule has 0 aromatic heterocycles. The van der Waals surface area contributed by atoms with E-state index in [1.54, 1.807) is 7.11 Å². The molecule has 3 unspecified atom stereocenters. The van der Waals surface area contributed by atoms with Gasteiger partial charge in [-0.25, -0.2) is 0 Å². The minimum atomic E-state index is 0.0172. The molecule has 0 radical (unpaired) electrons. The standard InChI is InChI=1S/C16H23ClO3/c1-18-10-11-20-16-14(17)12-15(16)19-9-5-8-13-6-3-2-4-7-13/h2-4,6-7,14-16H,5,8-12H2,1H3. The van der Waals surface area contributed by atoms with Gasteiger partial charge in [0, 0.05) is 13.7 Å². The Hall–Kier alpha value is -0.610. The molecule has 20 heavy (non-hydrogen) atoms. The molecule has 1 aromatic rings. The van der Waals surface area contributed by atoms with Crippen LogP contribution in [-0.4, -0.2) is 44.5 Å². The van der Waals surface area contributed by atoms with Gasteiger partial charge in [0.15, 0.2) is 0 Å². The molecule has 1 fully saturated rings. The van der Waals surface area contributed by atoms with Crippen LogP contribution in [0.2, 0.25) is 0 Å². The molecule has 2 rings (SSSR count). The number of aryl methyl sites for hydroxylation is 1. The maximum Gasteiger partial charge on any atom is 0.100 e. The minimum absolute atomic E-state index is 0.0172. The van der Waals surface area contributed by atoms with Crippen LogP contribution in [0.15, 0.2) is 30.3 Å². The lowest BCUT2D eigenvalue weighted by Gasteiger charge is -2.40. The number of hydrogen-bond donors (Lipinski definition) is 0. The molecule has 0 N–H and O–H groups in total. The lowest BCUT2D eigenvalue weighted by atomic mass is 9.91. The summed E-state index contributed by atoms with van der Waals surface area (Å²) in [6, 6.07) is 10.5. The zero-order valence-electron chi connectivity index (χ0n) is 12.0. The molecule has 0 amide bonds. The largest absolute Gasteiger partial charge is 0.382 e. The van der Waals surface area contributed by atoms with E-state index in [4.69, 9.17) is 25.8 Å². The van der Waals surface area contributed by atoms with E-state index < -0.39 is 0 Å². The Morgan fingerprint density at radius 3 is 2.60 bits per heavy atom. The van der Waals surface area contributed by atoms with Crippen molar-refractivity contribution in [3.63, 3.8) is 0 Å². The second kappa shape index (κ2) is 8.63. The molecule has 3 nitrogen and oxygen atoms in total. The molecule has 0 bridgehead atoms. The van der Waals surface area contributed by atoms with E-state index in [9.17, 15) is 0 Å². The Morgan fingerprint density at radius 1 is 1.10 bits per heavy atom. The van der Waals surface area contributed by atoms with Crippen LogP contribution in [0.3, 0.4) is 0 Å². The summed E-state index contributed by atoms with van der Waals surface area (Å²) in [4.78, 5) is 0. The van der Waals surface area contributed by atoms with Crippen molar-refractivity contribution >= 4 is 11.6 Å². The number of benzene rings is 1. The summed E-state index contributed by atoms with van der Waals surface area (Å²) in [7, 11) is 1.67. The summed E-state index contributed by atoms with van der Waals surface area (Å²) < 4.78 is 16.5. The van der Waals surface area contributed by atoms with Gasteiger partial charge in [0.25, 0.3) is 0 Å². The normalized spacial score (nSPS) is 25.4. The highest BCUT2D eigenvalue weighted by atomic mass is 35.5. The second-order valence-electron chi connectivity index (χ2n) is 5.08. The molecule has 1 saturated carbocycles. The first kappa shape index (κ1) is 15.8. The van der Waals surface area contributed by atoms with Crippen molar-refractivity contribution in [1.29, 1.82) is 0 Å². The van der Waals surface area contributed by atoms with Gasteiger partial charge in [-0.2, -0.15) is 0 Å². The summed E-state index contributed by atoms with van der Waals surface area (Å²) in [5.74, 6) is 0. The van der Waals surface area contributed by atoms with Gasteiger partial charge in [-0.1, -0.05) is 30.3 Å². The molecule has 3 atom stereocenters. The lowest BCUT2D eigenvalue weighted by molar-refractivity contribution is -0.130. The molecular weight excluding hydrogens is 276 g/mol. The van der Waals surface area contributed by atoms with Crippen LogP contribution in [0.1, 0.15) is 18.4 Å². The van der Waals surface area contributed by atoms with Crippen LogP contribution in [0.5, 0.6) is 0 Å². The van der Waals surface area contributed by atoms with Gasteiger partial charge in [-0.3, -0.25) is 0 Å². The third kappa shape index (κ3) is 4.74. The van der Waals surface area contributed by atoms with Crippen molar-refractivity contribution in [3.05, 3.63) is 35.9 Å². The van der Waals surface area contributed by atoms with Gasteiger partial charge in [0.05, 0.1) is 24.7 Å². The average Bonchev–Trinajstić information content (AvgIpc) is 2.48. The molecule has 0 saturated heterocycles. The molecule has 1 aliphatic carbocycles. The van der Waals surface area contributed by atoms with Crippen LogP contribution < -0.4 is 0 Å². The SMILES string of the molecule is COCCOC1C(Cl)CC1OCCCc1ccccc1. The fraction of sp³-hybridized carbons (Fsp3) is 0.625. The molecule has 0 spiro atoms. The van der Waals surface area contributed by atoms with Gasteiger partial charge in [0.1, 0.15) is 6.10 Å². The summed E-state index contributed by atoms with van der Waals surface area (Å²) in [6.45, 7) is 1.93. The number of hydrogen-bond acceptors (Lipinski definition) is 3. The Morgan fingerprint density at radius 2 is 1.90 bits per heavy atom. The first-order valence-electron chi connectivity index (χ1n) is 7.21. The van der Waals surface area contributed by atoms with E-state index >= 15 is 0 Å². The number of ether oxygens (including phenoxy) is 3. The quantitative estimate of drug-likeness (QED) is 0.518. The first-order chi connectivity index (χ1) is 9.81. The summed E-state index contributed by atoms with van der Waals surface area (Å²) in [5, 5.41) is 0.0750. The van der Waals surface area contributed by atoms with Crippen LogP contribution in [0.4, 0.5) is 0 Å². The highest BCUT2D eigenvalue weighted by Crippen LogP contribution is 2.32. The smallest absolute Gasteiger partial charge is 0.100 e. The van der Waals surface area contributed by atoms with Crippen molar-refractivity contribution in [1.82, 2.24) is 0 Å². The van der Waals surface area contributed by atoms with Crippen molar-refractivity contribution < 1.29 is 14.2 Å². The topological polar surface area (TPSA) is 27.7 Å². The molecule has 112 valence electrons. The van der Waals surface area contributed by atoms with Gasteiger partial charge in [0.2, 0.25) is 0 Å². The third-order valence-electron chi connectivity index (χ3n) is 3.56. The zero-order chi connectivity index (χ0) is 14.2. The third-order valence-corrected chi connectivity index (χ3v) is 3.99. The maximum absolute atomic E-state index is 6.15. The highest BCUT2D eigenvalue weighted by Gasteiger charge is 2.41. The van der Waals surface area contributed by atoms with Crippen molar-refractivity contribution in [2.75, 3.05) is 26.9 Å². The Labute approximate surface area is 126 Å². The number of halogens is 1. The van der Waals surface area contributed by atoms with Crippen molar-refractivity contribution in [2.45, 2.75) is 36.8 Å². The van der Waals surface area contributed by atoms with Crippen molar-refractivity contribution in [3.8, 4) is 0 Å². The Bertz CT molecular complexity index is 371. The minimum Gasteiger partial charge on any atom is -0.382 e. The van der Waals surface area contributed by atoms with E-state index in [1.165, 1.54) is 5.56 Å². The van der Waals surface area contributed by atoms with Crippen LogP contribution in [0, 0.1) is 0 Å². The Kier molecular flexibility index (Phi) is 6.80. The second-order valence-corrected chi connectivity index (χ2v) is 5.64. The van der Waals surface area contributed by atoms with Gasteiger partial charge < -0.3 is 14.2 Å². The predicted molar refractivity (Wildman–Crippen MR) is 80.4 cm³/mol. The molecule has 1 aliphatic rings. The van der Waals surface area contributed by atoms with Crippen LogP contribution >= 0.6 is 11.6 Å². The molecule has 4 heteroatoms. The lowest BCUT2D eigenvalue weighted by Crippen LogP contribution is -2.51. The maximum atomic E-state index is 6.15. The van der Waals surface area contributed by atoms with E-state index in [-0.39, 0.29) is 17.6 Å². The predicted octanol–water partition coefficient (Wildman–Crippen LogP) is 3.05. The first-order valence-corrected chi connectivity index (χ1v) is 7.65. The number of methoxy groups -OCH3 is 1. The van der Waals surface area contributed by atoms with E-state index in [2.05, 4.69) is 24.3 Å². The summed E-state index contributed by atoms with van der Waals surface area (Å²) in [6.07, 6.45) is 3.12. The Balaban J connectivity index is 1.59. The van der Waals surface area contributed by atoms with Gasteiger partial charge in [-0.15, -0.1) is 11.6 Å². The van der Waals surface area contributed by atoms with E-state index in [0.717, 1.165) is 25.9 Å². The van der Waals surface area contributed by atoms with E-state index in [0.29, 0.717) is 13.2 Å². The number of rotatable bonds is 9. The fourth-order valence-corrected chi connectivity index (χ4v) is 2.74. The van der Waals surface area contributed by atoms with Crippen LogP contribution in [-0.2, 0) is 20.6 Å². The summed E-state index contributed by atoms with van der Waals surface area (Å²) >= 11 is 6.15. The highest BCUT2D eigenvalue weighted by molar-refractivity contribution is 6.21.